The van der Waals surface area contributed by atoms with Crippen LogP contribution in [0.2, 0.25) is 5.02 Å². The number of nitrogens with one attached hydrogen (secondary N) is 1. The molecule has 3 aliphatic rings. The molecule has 0 atom stereocenters. The highest BCUT2D eigenvalue weighted by atomic mass is 35.5. The number of allylic oxidation sites excluding steroid dienone is 4. The molecule has 0 bridgehead atoms. The van der Waals surface area contributed by atoms with Gasteiger partial charge in [-0.1, -0.05) is 36.4 Å². The van der Waals surface area contributed by atoms with Crippen molar-refractivity contribution in [2.45, 2.75) is 49.6 Å². The van der Waals surface area contributed by atoms with Crippen molar-refractivity contribution in [1.82, 2.24) is 14.5 Å². The highest BCUT2D eigenvalue weighted by molar-refractivity contribution is 7.89. The second kappa shape index (κ2) is 9.96. The van der Waals surface area contributed by atoms with Crippen LogP contribution in [0.5, 0.6) is 0 Å². The molecule has 2 fully saturated rings. The molecular formula is C25H32ClN3O2S. The summed E-state index contributed by atoms with van der Waals surface area (Å²) in [6, 6.07) is 6.73. The number of hydrogen-bond acceptors (Lipinski definition) is 4. The van der Waals surface area contributed by atoms with Gasteiger partial charge in [-0.2, -0.15) is 4.31 Å². The maximum atomic E-state index is 13.4. The van der Waals surface area contributed by atoms with Crippen molar-refractivity contribution in [3.63, 3.8) is 0 Å². The van der Waals surface area contributed by atoms with Crippen molar-refractivity contribution in [2.75, 3.05) is 26.2 Å². The second-order valence-electron chi connectivity index (χ2n) is 8.88. The zero-order valence-corrected chi connectivity index (χ0v) is 20.2. The fourth-order valence-electron chi connectivity index (χ4n) is 4.46. The lowest BCUT2D eigenvalue weighted by atomic mass is 10.0. The van der Waals surface area contributed by atoms with Crippen LogP contribution in [0.3, 0.4) is 0 Å². The standard InChI is InChI=1S/C25H32ClN3O2S/c1-19-17-20(2)27-14-4-3-5-21(19)18-28-15-12-24(13-16-28)29(23-8-9-23)32(30,31)25-10-6-22(26)7-11-25/h3-7,10-11,17,23-24,27H,1,8-9,12-16,18H2,2H3/b4-3-,20-17-,21-5-. The Morgan fingerprint density at radius 3 is 2.44 bits per heavy atom. The minimum Gasteiger partial charge on any atom is -0.385 e. The molecule has 2 aliphatic heterocycles. The first-order chi connectivity index (χ1) is 15.3. The van der Waals surface area contributed by atoms with Crippen LogP contribution in [-0.4, -0.2) is 55.9 Å². The molecular weight excluding hydrogens is 442 g/mol. The topological polar surface area (TPSA) is 52.6 Å². The molecule has 0 unspecified atom stereocenters. The van der Waals surface area contributed by atoms with Crippen molar-refractivity contribution in [3.8, 4) is 0 Å². The van der Waals surface area contributed by atoms with Gasteiger partial charge in [-0.3, -0.25) is 4.90 Å². The molecule has 32 heavy (non-hydrogen) atoms. The Hall–Kier alpha value is -1.86. The Morgan fingerprint density at radius 1 is 1.12 bits per heavy atom. The predicted molar refractivity (Wildman–Crippen MR) is 131 cm³/mol. The summed E-state index contributed by atoms with van der Waals surface area (Å²) >= 11 is 5.97. The van der Waals surface area contributed by atoms with E-state index >= 15 is 0 Å². The number of hydrogen-bond donors (Lipinski definition) is 1. The summed E-state index contributed by atoms with van der Waals surface area (Å²) < 4.78 is 28.7. The van der Waals surface area contributed by atoms with Gasteiger partial charge in [-0.15, -0.1) is 0 Å². The van der Waals surface area contributed by atoms with Gasteiger partial charge in [0.05, 0.1) is 4.90 Å². The Kier molecular flexibility index (Phi) is 7.25. The molecule has 1 aliphatic carbocycles. The van der Waals surface area contributed by atoms with E-state index in [0.717, 1.165) is 63.1 Å². The lowest BCUT2D eigenvalue weighted by Gasteiger charge is -2.38. The minimum absolute atomic E-state index is 0.0448. The van der Waals surface area contributed by atoms with Gasteiger partial charge >= 0.3 is 0 Å². The Morgan fingerprint density at radius 2 is 1.78 bits per heavy atom. The van der Waals surface area contributed by atoms with E-state index in [4.69, 9.17) is 11.6 Å². The van der Waals surface area contributed by atoms with E-state index in [2.05, 4.69) is 48.0 Å². The van der Waals surface area contributed by atoms with Gasteiger partial charge in [0.1, 0.15) is 0 Å². The second-order valence-corrected chi connectivity index (χ2v) is 11.2. The summed E-state index contributed by atoms with van der Waals surface area (Å²) in [5, 5.41) is 3.89. The lowest BCUT2D eigenvalue weighted by molar-refractivity contribution is 0.165. The average molecular weight is 474 g/mol. The number of nitrogens with zero attached hydrogens (tertiary/aromatic N) is 2. The Balaban J connectivity index is 1.43. The fourth-order valence-corrected chi connectivity index (χ4v) is 6.52. The molecule has 0 aromatic heterocycles. The van der Waals surface area contributed by atoms with Gasteiger partial charge in [0, 0.05) is 49.0 Å². The van der Waals surface area contributed by atoms with Crippen LogP contribution < -0.4 is 5.32 Å². The first kappa shape index (κ1) is 23.3. The molecule has 4 rings (SSSR count). The van der Waals surface area contributed by atoms with Crippen LogP contribution in [0.15, 0.2) is 76.9 Å². The van der Waals surface area contributed by atoms with E-state index in [9.17, 15) is 8.42 Å². The lowest BCUT2D eigenvalue weighted by Crippen LogP contribution is -2.48. The van der Waals surface area contributed by atoms with Crippen molar-refractivity contribution >= 4 is 21.6 Å². The highest BCUT2D eigenvalue weighted by Gasteiger charge is 2.43. The molecule has 1 aromatic carbocycles. The fraction of sp³-hybridized carbons (Fsp3) is 0.440. The van der Waals surface area contributed by atoms with Gasteiger partial charge in [0.25, 0.3) is 0 Å². The molecule has 1 saturated heterocycles. The first-order valence-electron chi connectivity index (χ1n) is 11.3. The van der Waals surface area contributed by atoms with Gasteiger partial charge in [-0.05, 0) is 74.1 Å². The number of benzene rings is 1. The molecule has 0 spiro atoms. The van der Waals surface area contributed by atoms with E-state index in [-0.39, 0.29) is 12.1 Å². The molecule has 0 amide bonds. The molecule has 172 valence electrons. The molecule has 7 heteroatoms. The van der Waals surface area contributed by atoms with Crippen molar-refractivity contribution < 1.29 is 8.42 Å². The van der Waals surface area contributed by atoms with E-state index < -0.39 is 10.0 Å². The predicted octanol–water partition coefficient (Wildman–Crippen LogP) is 4.50. The number of rotatable bonds is 6. The number of halogens is 1. The zero-order chi connectivity index (χ0) is 22.7. The van der Waals surface area contributed by atoms with Crippen LogP contribution in [0.4, 0.5) is 0 Å². The smallest absolute Gasteiger partial charge is 0.243 e. The molecule has 5 nitrogen and oxygen atoms in total. The molecule has 2 heterocycles. The molecule has 1 N–H and O–H groups in total. The molecule has 1 aromatic rings. The maximum absolute atomic E-state index is 13.4. The van der Waals surface area contributed by atoms with Gasteiger partial charge in [-0.25, -0.2) is 8.42 Å². The van der Waals surface area contributed by atoms with E-state index in [1.165, 1.54) is 5.57 Å². The highest BCUT2D eigenvalue weighted by Crippen LogP contribution is 2.37. The first-order valence-corrected chi connectivity index (χ1v) is 13.1. The van der Waals surface area contributed by atoms with Crippen LogP contribution >= 0.6 is 11.6 Å². The largest absolute Gasteiger partial charge is 0.385 e. The van der Waals surface area contributed by atoms with Crippen molar-refractivity contribution in [3.05, 3.63) is 77.0 Å². The van der Waals surface area contributed by atoms with E-state index in [1.54, 1.807) is 28.6 Å². The Labute approximate surface area is 197 Å². The minimum atomic E-state index is -3.52. The van der Waals surface area contributed by atoms with Crippen LogP contribution in [0.1, 0.15) is 32.6 Å². The van der Waals surface area contributed by atoms with Crippen LogP contribution in [0, 0.1) is 0 Å². The number of likely N-dealkylation sites (tertiary alicyclic amines) is 1. The quantitative estimate of drug-likeness (QED) is 0.660. The third kappa shape index (κ3) is 5.54. The summed E-state index contributed by atoms with van der Waals surface area (Å²) in [4.78, 5) is 2.75. The van der Waals surface area contributed by atoms with E-state index in [1.807, 2.05) is 0 Å². The normalized spacial score (nSPS) is 25.7. The average Bonchev–Trinajstić information content (AvgIpc) is 3.58. The van der Waals surface area contributed by atoms with Crippen LogP contribution in [-0.2, 0) is 10.0 Å². The third-order valence-corrected chi connectivity index (χ3v) is 8.61. The van der Waals surface area contributed by atoms with E-state index in [0.29, 0.717) is 9.92 Å². The van der Waals surface area contributed by atoms with Crippen molar-refractivity contribution in [2.24, 2.45) is 0 Å². The van der Waals surface area contributed by atoms with Gasteiger partial charge < -0.3 is 5.32 Å². The summed E-state index contributed by atoms with van der Waals surface area (Å²) in [5.41, 5.74) is 3.34. The summed E-state index contributed by atoms with van der Waals surface area (Å²) in [6.45, 7) is 9.70. The summed E-state index contributed by atoms with van der Waals surface area (Å²) in [6.07, 6.45) is 12.0. The summed E-state index contributed by atoms with van der Waals surface area (Å²) in [5.74, 6) is 0. The maximum Gasteiger partial charge on any atom is 0.243 e. The van der Waals surface area contributed by atoms with Crippen molar-refractivity contribution in [1.29, 1.82) is 0 Å². The number of sulfonamides is 1. The monoisotopic (exact) mass is 473 g/mol. The van der Waals surface area contributed by atoms with Gasteiger partial charge in [0.2, 0.25) is 10.0 Å². The Bertz CT molecular complexity index is 1030. The molecule has 1 saturated carbocycles. The van der Waals surface area contributed by atoms with Crippen LogP contribution in [0.25, 0.3) is 0 Å². The summed E-state index contributed by atoms with van der Waals surface area (Å²) in [7, 11) is -3.52. The van der Waals surface area contributed by atoms with Gasteiger partial charge in [0.15, 0.2) is 0 Å². The zero-order valence-electron chi connectivity index (χ0n) is 18.6. The third-order valence-electron chi connectivity index (χ3n) is 6.34. The number of piperidine rings is 1. The SMILES string of the molecule is C=C1/C=C(/C)NC/C=C\C=C/1CN1CCC(N(C2CC2)S(=O)(=O)c2ccc(Cl)cc2)CC1. The molecule has 0 radical (unpaired) electrons.